The lowest BCUT2D eigenvalue weighted by Crippen LogP contribution is -2.41. The maximum Gasteiger partial charge on any atom is 0.326 e. The Balaban J connectivity index is 1.99. The molecule has 0 radical (unpaired) electrons. The third kappa shape index (κ3) is 3.77. The maximum absolute atomic E-state index is 12.3. The number of amides is 1. The predicted octanol–water partition coefficient (Wildman–Crippen LogP) is 1.79. The van der Waals surface area contributed by atoms with Gasteiger partial charge in [0.2, 0.25) is 5.91 Å². The van der Waals surface area contributed by atoms with Gasteiger partial charge in [-0.05, 0) is 18.6 Å². The van der Waals surface area contributed by atoms with E-state index < -0.39 is 12.0 Å². The zero-order valence-corrected chi connectivity index (χ0v) is 12.9. The Kier molecular flexibility index (Phi) is 5.25. The zero-order chi connectivity index (χ0) is 15.4. The number of carbonyl (C=O) groups is 2. The summed E-state index contributed by atoms with van der Waals surface area (Å²) in [4.78, 5) is 26.0. The van der Waals surface area contributed by atoms with Gasteiger partial charge >= 0.3 is 5.97 Å². The molecule has 0 spiro atoms. The summed E-state index contributed by atoms with van der Waals surface area (Å²) in [5, 5.41) is 9.22. The average molecular weight is 309 g/mol. The van der Waals surface area contributed by atoms with Crippen LogP contribution < -0.4 is 0 Å². The van der Waals surface area contributed by atoms with Crippen LogP contribution in [0.5, 0.6) is 0 Å². The number of thioether (sulfide) groups is 1. The average Bonchev–Trinajstić information content (AvgIpc) is 2.90. The summed E-state index contributed by atoms with van der Waals surface area (Å²) in [6.07, 6.45) is 0.158. The van der Waals surface area contributed by atoms with Crippen LogP contribution in [0.4, 0.5) is 0 Å². The Hall–Kier alpha value is -1.53. The second-order valence-electron chi connectivity index (χ2n) is 5.05. The number of aliphatic carboxylic acids is 1. The van der Waals surface area contributed by atoms with Crippen molar-refractivity contribution in [3.63, 3.8) is 0 Å². The molecule has 1 heterocycles. The molecule has 1 saturated heterocycles. The van der Waals surface area contributed by atoms with E-state index in [2.05, 4.69) is 0 Å². The molecular weight excluding hydrogens is 290 g/mol. The highest BCUT2D eigenvalue weighted by atomic mass is 32.2. The van der Waals surface area contributed by atoms with Gasteiger partial charge in [0, 0.05) is 25.0 Å². The topological polar surface area (TPSA) is 66.8 Å². The first-order valence-electron chi connectivity index (χ1n) is 6.76. The molecular formula is C15H19NO4S. The molecule has 5 nitrogen and oxygen atoms in total. The third-order valence-corrected chi connectivity index (χ3v) is 4.81. The van der Waals surface area contributed by atoms with Crippen LogP contribution >= 0.6 is 11.8 Å². The van der Waals surface area contributed by atoms with Gasteiger partial charge in [-0.2, -0.15) is 0 Å². The highest BCUT2D eigenvalue weighted by Gasteiger charge is 2.39. The number of carboxylic acids is 1. The molecule has 0 saturated carbocycles. The molecule has 0 aliphatic carbocycles. The van der Waals surface area contributed by atoms with Gasteiger partial charge in [-0.15, -0.1) is 11.8 Å². The number of ether oxygens (including phenoxy) is 1. The van der Waals surface area contributed by atoms with Crippen molar-refractivity contribution >= 4 is 23.6 Å². The molecule has 114 valence electrons. The fourth-order valence-electron chi connectivity index (χ4n) is 2.42. The molecule has 1 aliphatic heterocycles. The van der Waals surface area contributed by atoms with E-state index in [1.54, 1.807) is 7.11 Å². The van der Waals surface area contributed by atoms with E-state index in [4.69, 9.17) is 4.74 Å². The number of hydrogen-bond donors (Lipinski definition) is 1. The molecule has 1 aliphatic rings. The molecule has 1 aromatic rings. The van der Waals surface area contributed by atoms with Crippen LogP contribution in [0.1, 0.15) is 12.0 Å². The summed E-state index contributed by atoms with van der Waals surface area (Å²) in [5.41, 5.74) is 1.11. The van der Waals surface area contributed by atoms with E-state index in [1.807, 2.05) is 31.2 Å². The highest BCUT2D eigenvalue weighted by molar-refractivity contribution is 8.00. The van der Waals surface area contributed by atoms with Gasteiger partial charge in [0.1, 0.15) is 6.04 Å². The Labute approximate surface area is 128 Å². The third-order valence-electron chi connectivity index (χ3n) is 3.65. The number of likely N-dealkylation sites (tertiary alicyclic amines) is 1. The van der Waals surface area contributed by atoms with Crippen molar-refractivity contribution < 1.29 is 19.4 Å². The van der Waals surface area contributed by atoms with Crippen LogP contribution in [-0.4, -0.2) is 53.4 Å². The summed E-state index contributed by atoms with van der Waals surface area (Å²) in [6, 6.07) is 7.05. The summed E-state index contributed by atoms with van der Waals surface area (Å²) < 4.78 is 5.19. The Morgan fingerprint density at radius 3 is 2.76 bits per heavy atom. The maximum atomic E-state index is 12.3. The number of aryl methyl sites for hydroxylation is 1. The first kappa shape index (κ1) is 15.9. The van der Waals surface area contributed by atoms with E-state index in [0.717, 1.165) is 10.5 Å². The molecule has 1 N–H and O–H groups in total. The fraction of sp³-hybridized carbons (Fsp3) is 0.467. The van der Waals surface area contributed by atoms with Crippen molar-refractivity contribution in [1.29, 1.82) is 0 Å². The minimum atomic E-state index is -0.969. The van der Waals surface area contributed by atoms with E-state index in [9.17, 15) is 14.7 Å². The number of benzene rings is 1. The monoisotopic (exact) mass is 309 g/mol. The van der Waals surface area contributed by atoms with E-state index in [1.165, 1.54) is 16.7 Å². The number of methoxy groups -OCH3 is 1. The first-order valence-corrected chi connectivity index (χ1v) is 7.75. The van der Waals surface area contributed by atoms with Crippen LogP contribution in [0, 0.1) is 6.92 Å². The van der Waals surface area contributed by atoms with Gasteiger partial charge in [-0.25, -0.2) is 4.79 Å². The Bertz CT molecular complexity index is 534. The molecule has 1 fully saturated rings. The number of hydrogen-bond acceptors (Lipinski definition) is 4. The molecule has 1 amide bonds. The van der Waals surface area contributed by atoms with Crippen molar-refractivity contribution in [2.24, 2.45) is 0 Å². The zero-order valence-electron chi connectivity index (χ0n) is 12.1. The minimum absolute atomic E-state index is 0.157. The van der Waals surface area contributed by atoms with Crippen LogP contribution in [0.2, 0.25) is 0 Å². The van der Waals surface area contributed by atoms with Crippen LogP contribution in [0.15, 0.2) is 29.2 Å². The van der Waals surface area contributed by atoms with Crippen molar-refractivity contribution in [1.82, 2.24) is 4.90 Å². The van der Waals surface area contributed by atoms with Crippen molar-refractivity contribution in [2.75, 3.05) is 19.4 Å². The highest BCUT2D eigenvalue weighted by Crippen LogP contribution is 2.25. The van der Waals surface area contributed by atoms with Crippen molar-refractivity contribution in [2.45, 2.75) is 30.4 Å². The summed E-state index contributed by atoms with van der Waals surface area (Å²) in [7, 11) is 1.54. The molecule has 0 bridgehead atoms. The van der Waals surface area contributed by atoms with E-state index in [-0.39, 0.29) is 17.8 Å². The largest absolute Gasteiger partial charge is 0.480 e. The lowest BCUT2D eigenvalue weighted by atomic mass is 10.2. The van der Waals surface area contributed by atoms with Gasteiger partial charge < -0.3 is 14.7 Å². The van der Waals surface area contributed by atoms with Crippen LogP contribution in [0.25, 0.3) is 0 Å². The normalized spacial score (nSPS) is 21.5. The molecule has 1 aromatic carbocycles. The number of carbonyl (C=O) groups excluding carboxylic acids is 1. The van der Waals surface area contributed by atoms with Crippen LogP contribution in [-0.2, 0) is 14.3 Å². The smallest absolute Gasteiger partial charge is 0.326 e. The Morgan fingerprint density at radius 2 is 2.14 bits per heavy atom. The predicted molar refractivity (Wildman–Crippen MR) is 80.5 cm³/mol. The molecule has 0 aromatic heterocycles. The van der Waals surface area contributed by atoms with Gasteiger partial charge in [0.05, 0.1) is 11.9 Å². The van der Waals surface area contributed by atoms with Gasteiger partial charge in [-0.3, -0.25) is 4.79 Å². The first-order chi connectivity index (χ1) is 10.0. The molecule has 6 heteroatoms. The quantitative estimate of drug-likeness (QED) is 0.840. The van der Waals surface area contributed by atoms with Crippen molar-refractivity contribution in [3.8, 4) is 0 Å². The number of nitrogens with zero attached hydrogens (tertiary/aromatic N) is 1. The lowest BCUT2D eigenvalue weighted by molar-refractivity contribution is -0.147. The Morgan fingerprint density at radius 1 is 1.43 bits per heavy atom. The van der Waals surface area contributed by atoms with Gasteiger partial charge in [0.15, 0.2) is 0 Å². The van der Waals surface area contributed by atoms with E-state index >= 15 is 0 Å². The van der Waals surface area contributed by atoms with Gasteiger partial charge in [0.25, 0.3) is 0 Å². The summed E-state index contributed by atoms with van der Waals surface area (Å²) >= 11 is 1.44. The second-order valence-corrected chi connectivity index (χ2v) is 6.06. The molecule has 2 atom stereocenters. The van der Waals surface area contributed by atoms with Crippen LogP contribution in [0.3, 0.4) is 0 Å². The number of rotatable bonds is 5. The minimum Gasteiger partial charge on any atom is -0.480 e. The molecule has 2 rings (SSSR count). The summed E-state index contributed by atoms with van der Waals surface area (Å²) in [5.74, 6) is -0.885. The van der Waals surface area contributed by atoms with E-state index in [0.29, 0.717) is 13.0 Å². The molecule has 21 heavy (non-hydrogen) atoms. The standard InChI is InChI=1S/C15H19NO4S/c1-10-5-3-4-6-13(10)21-9-14(17)16-8-11(20-2)7-12(16)15(18)19/h3-6,11-12H,7-9H2,1-2H3,(H,18,19). The molecule has 2 unspecified atom stereocenters. The summed E-state index contributed by atoms with van der Waals surface area (Å²) in [6.45, 7) is 2.34. The lowest BCUT2D eigenvalue weighted by Gasteiger charge is -2.21. The number of carboxylic acid groups (broad SMARTS) is 1. The SMILES string of the molecule is COC1CC(C(=O)O)N(C(=O)CSc2ccccc2C)C1. The van der Waals surface area contributed by atoms with Crippen molar-refractivity contribution in [3.05, 3.63) is 29.8 Å². The second kappa shape index (κ2) is 6.95. The van der Waals surface area contributed by atoms with Gasteiger partial charge in [-0.1, -0.05) is 18.2 Å². The fourth-order valence-corrected chi connectivity index (χ4v) is 3.33.